The van der Waals surface area contributed by atoms with Crippen LogP contribution in [0.2, 0.25) is 5.02 Å². The van der Waals surface area contributed by atoms with E-state index in [2.05, 4.69) is 30.1 Å². The van der Waals surface area contributed by atoms with Crippen molar-refractivity contribution in [2.75, 3.05) is 33.0 Å². The zero-order chi connectivity index (χ0) is 14.8. The molecule has 0 aliphatic carbocycles. The van der Waals surface area contributed by atoms with Crippen LogP contribution in [-0.2, 0) is 0 Å². The van der Waals surface area contributed by atoms with Gasteiger partial charge in [0.25, 0.3) is 0 Å². The molecule has 5 heteroatoms. The van der Waals surface area contributed by atoms with Gasteiger partial charge < -0.3 is 14.8 Å². The molecule has 2 atom stereocenters. The van der Waals surface area contributed by atoms with Gasteiger partial charge in [-0.1, -0.05) is 31.9 Å². The molecular weight excluding hydrogens is 288 g/mol. The van der Waals surface area contributed by atoms with Crippen molar-refractivity contribution in [1.29, 1.82) is 0 Å². The summed E-state index contributed by atoms with van der Waals surface area (Å²) >= 11 is 6.55. The molecule has 1 fully saturated rings. The van der Waals surface area contributed by atoms with E-state index in [0.717, 1.165) is 54.7 Å². The third-order valence-corrected chi connectivity index (χ3v) is 4.87. The SMILES string of the molecule is CCC(C)[C@H](c1cc2c(cc1Cl)OCO2)N1CCNCC1. The Labute approximate surface area is 131 Å². The average molecular weight is 311 g/mol. The summed E-state index contributed by atoms with van der Waals surface area (Å²) in [6.45, 7) is 9.01. The lowest BCUT2D eigenvalue weighted by molar-refractivity contribution is 0.128. The molecule has 0 saturated carbocycles. The number of nitrogens with one attached hydrogen (secondary N) is 1. The molecule has 1 aromatic carbocycles. The Balaban J connectivity index is 1.95. The maximum atomic E-state index is 6.55. The van der Waals surface area contributed by atoms with Crippen LogP contribution in [0, 0.1) is 5.92 Å². The Morgan fingerprint density at radius 1 is 1.24 bits per heavy atom. The predicted molar refractivity (Wildman–Crippen MR) is 84.2 cm³/mol. The summed E-state index contributed by atoms with van der Waals surface area (Å²) in [5.74, 6) is 2.12. The summed E-state index contributed by atoms with van der Waals surface area (Å²) < 4.78 is 10.9. The van der Waals surface area contributed by atoms with Gasteiger partial charge in [-0.15, -0.1) is 0 Å². The van der Waals surface area contributed by atoms with Crippen LogP contribution in [0.5, 0.6) is 11.5 Å². The lowest BCUT2D eigenvalue weighted by Crippen LogP contribution is -2.46. The Morgan fingerprint density at radius 2 is 1.90 bits per heavy atom. The predicted octanol–water partition coefficient (Wildman–Crippen LogP) is 3.06. The summed E-state index contributed by atoms with van der Waals surface area (Å²) in [6, 6.07) is 4.31. The fraction of sp³-hybridized carbons (Fsp3) is 0.625. The van der Waals surface area contributed by atoms with Crippen LogP contribution < -0.4 is 14.8 Å². The summed E-state index contributed by atoms with van der Waals surface area (Å²) in [5.41, 5.74) is 1.16. The number of nitrogens with zero attached hydrogens (tertiary/aromatic N) is 1. The number of hydrogen-bond acceptors (Lipinski definition) is 4. The molecular formula is C16H23ClN2O2. The molecule has 4 nitrogen and oxygen atoms in total. The second kappa shape index (κ2) is 6.42. The molecule has 1 aromatic rings. The van der Waals surface area contributed by atoms with E-state index in [-0.39, 0.29) is 6.79 Å². The van der Waals surface area contributed by atoms with E-state index in [0.29, 0.717) is 12.0 Å². The molecule has 1 unspecified atom stereocenters. The quantitative estimate of drug-likeness (QED) is 0.927. The number of benzene rings is 1. The van der Waals surface area contributed by atoms with Gasteiger partial charge in [0.05, 0.1) is 0 Å². The molecule has 2 aliphatic rings. The van der Waals surface area contributed by atoms with Crippen LogP contribution >= 0.6 is 11.6 Å². The van der Waals surface area contributed by atoms with Crippen molar-refractivity contribution in [2.45, 2.75) is 26.3 Å². The molecule has 2 heterocycles. The fourth-order valence-corrected chi connectivity index (χ4v) is 3.47. The van der Waals surface area contributed by atoms with E-state index in [1.807, 2.05) is 6.07 Å². The van der Waals surface area contributed by atoms with Gasteiger partial charge >= 0.3 is 0 Å². The van der Waals surface area contributed by atoms with Crippen molar-refractivity contribution in [1.82, 2.24) is 10.2 Å². The van der Waals surface area contributed by atoms with E-state index in [1.165, 1.54) is 0 Å². The number of hydrogen-bond donors (Lipinski definition) is 1. The Bertz CT molecular complexity index is 503. The Hall–Kier alpha value is -0.970. The van der Waals surface area contributed by atoms with Gasteiger partial charge in [-0.05, 0) is 17.5 Å². The lowest BCUT2D eigenvalue weighted by Gasteiger charge is -2.38. The standard InChI is InChI=1S/C16H23ClN2O2/c1-3-11(2)16(19-6-4-18-5-7-19)12-8-14-15(9-13(12)17)21-10-20-14/h8-9,11,16,18H,3-7,10H2,1-2H3/t11?,16-/m1/s1. The highest BCUT2D eigenvalue weighted by Gasteiger charge is 2.30. The number of rotatable bonds is 4. The molecule has 116 valence electrons. The maximum absolute atomic E-state index is 6.55. The van der Waals surface area contributed by atoms with Crippen LogP contribution in [0.4, 0.5) is 0 Å². The monoisotopic (exact) mass is 310 g/mol. The van der Waals surface area contributed by atoms with Gasteiger partial charge in [-0.25, -0.2) is 0 Å². The third kappa shape index (κ3) is 2.98. The smallest absolute Gasteiger partial charge is 0.231 e. The molecule has 21 heavy (non-hydrogen) atoms. The minimum Gasteiger partial charge on any atom is -0.454 e. The molecule has 1 N–H and O–H groups in total. The van der Waals surface area contributed by atoms with Crippen LogP contribution in [0.15, 0.2) is 12.1 Å². The van der Waals surface area contributed by atoms with Crippen molar-refractivity contribution in [3.05, 3.63) is 22.7 Å². The van der Waals surface area contributed by atoms with Crippen LogP contribution in [0.1, 0.15) is 31.9 Å². The number of halogens is 1. The zero-order valence-electron chi connectivity index (χ0n) is 12.7. The summed E-state index contributed by atoms with van der Waals surface area (Å²) in [6.07, 6.45) is 1.12. The maximum Gasteiger partial charge on any atom is 0.231 e. The minimum atomic E-state index is 0.288. The molecule has 0 aromatic heterocycles. The van der Waals surface area contributed by atoms with Crippen molar-refractivity contribution in [3.63, 3.8) is 0 Å². The zero-order valence-corrected chi connectivity index (χ0v) is 13.4. The largest absolute Gasteiger partial charge is 0.454 e. The van der Waals surface area contributed by atoms with E-state index in [4.69, 9.17) is 21.1 Å². The summed E-state index contributed by atoms with van der Waals surface area (Å²) in [5, 5.41) is 4.20. The second-order valence-corrected chi connectivity index (χ2v) is 6.25. The molecule has 0 radical (unpaired) electrons. The fourth-order valence-electron chi connectivity index (χ4n) is 3.21. The van der Waals surface area contributed by atoms with Crippen LogP contribution in [0.3, 0.4) is 0 Å². The number of piperazine rings is 1. The molecule has 1 saturated heterocycles. The third-order valence-electron chi connectivity index (χ3n) is 4.54. The van der Waals surface area contributed by atoms with Crippen molar-refractivity contribution in [3.8, 4) is 11.5 Å². The van der Waals surface area contributed by atoms with Gasteiger partial charge in [-0.2, -0.15) is 0 Å². The average Bonchev–Trinajstić information content (AvgIpc) is 2.95. The molecule has 0 amide bonds. The van der Waals surface area contributed by atoms with Gasteiger partial charge in [0.1, 0.15) is 0 Å². The topological polar surface area (TPSA) is 33.7 Å². The van der Waals surface area contributed by atoms with E-state index in [9.17, 15) is 0 Å². The van der Waals surface area contributed by atoms with E-state index in [1.54, 1.807) is 0 Å². The van der Waals surface area contributed by atoms with Gasteiger partial charge in [0, 0.05) is 43.3 Å². The van der Waals surface area contributed by atoms with Gasteiger partial charge in [-0.3, -0.25) is 4.90 Å². The first-order chi connectivity index (χ1) is 10.2. The molecule has 3 rings (SSSR count). The number of fused-ring (bicyclic) bond motifs is 1. The minimum absolute atomic E-state index is 0.288. The van der Waals surface area contributed by atoms with Crippen molar-refractivity contribution < 1.29 is 9.47 Å². The number of ether oxygens (including phenoxy) is 2. The molecule has 2 aliphatic heterocycles. The Morgan fingerprint density at radius 3 is 2.57 bits per heavy atom. The first kappa shape index (κ1) is 14.9. The highest BCUT2D eigenvalue weighted by atomic mass is 35.5. The summed E-state index contributed by atoms with van der Waals surface area (Å²) in [7, 11) is 0. The highest BCUT2D eigenvalue weighted by Crippen LogP contribution is 2.42. The van der Waals surface area contributed by atoms with Crippen molar-refractivity contribution >= 4 is 11.6 Å². The van der Waals surface area contributed by atoms with Crippen LogP contribution in [-0.4, -0.2) is 37.9 Å². The molecule has 0 spiro atoms. The second-order valence-electron chi connectivity index (χ2n) is 5.84. The Kier molecular flexibility index (Phi) is 4.57. The van der Waals surface area contributed by atoms with Crippen molar-refractivity contribution in [2.24, 2.45) is 5.92 Å². The normalized spacial score (nSPS) is 21.3. The van der Waals surface area contributed by atoms with Gasteiger partial charge in [0.15, 0.2) is 11.5 Å². The first-order valence-electron chi connectivity index (χ1n) is 7.74. The van der Waals surface area contributed by atoms with E-state index >= 15 is 0 Å². The summed E-state index contributed by atoms with van der Waals surface area (Å²) in [4.78, 5) is 2.54. The molecule has 0 bridgehead atoms. The lowest BCUT2D eigenvalue weighted by atomic mass is 9.90. The van der Waals surface area contributed by atoms with E-state index < -0.39 is 0 Å². The van der Waals surface area contributed by atoms with Crippen LogP contribution in [0.25, 0.3) is 0 Å². The van der Waals surface area contributed by atoms with Gasteiger partial charge in [0.2, 0.25) is 6.79 Å². The highest BCUT2D eigenvalue weighted by molar-refractivity contribution is 6.31. The first-order valence-corrected chi connectivity index (χ1v) is 8.12.